The molecule has 1 aliphatic heterocycles. The fourth-order valence-electron chi connectivity index (χ4n) is 3.67. The normalized spacial score (nSPS) is 15.8. The molecule has 8 nitrogen and oxygen atoms in total. The quantitative estimate of drug-likeness (QED) is 0.514. The van der Waals surface area contributed by atoms with E-state index in [0.717, 1.165) is 18.7 Å². The highest BCUT2D eigenvalue weighted by molar-refractivity contribution is 7.71. The zero-order chi connectivity index (χ0) is 21.7. The smallest absolute Gasteiger partial charge is 0.327 e. The molecule has 1 unspecified atom stereocenters. The molecule has 1 aromatic heterocycles. The lowest BCUT2D eigenvalue weighted by Gasteiger charge is -2.38. The van der Waals surface area contributed by atoms with Crippen molar-refractivity contribution in [3.63, 3.8) is 0 Å². The van der Waals surface area contributed by atoms with E-state index in [1.165, 1.54) is 7.11 Å². The lowest BCUT2D eigenvalue weighted by atomic mass is 10.0. The van der Waals surface area contributed by atoms with Crippen LogP contribution in [0.5, 0.6) is 0 Å². The molecule has 1 N–H and O–H groups in total. The molecule has 1 fully saturated rings. The zero-order valence-corrected chi connectivity index (χ0v) is 18.7. The Labute approximate surface area is 185 Å². The summed E-state index contributed by atoms with van der Waals surface area (Å²) in [4.78, 5) is 29.1. The molecule has 1 amide bonds. The van der Waals surface area contributed by atoms with Crippen molar-refractivity contribution in [3.05, 3.63) is 45.4 Å². The van der Waals surface area contributed by atoms with E-state index in [2.05, 4.69) is 17.1 Å². The lowest BCUT2D eigenvalue weighted by Crippen LogP contribution is -2.51. The SMILES string of the molecule is CCCc1n[nH]c(=S)n1CC(=O)N1CCN(C(C(=O)OC)c2ccccc2Cl)CC1. The Kier molecular flexibility index (Phi) is 7.63. The summed E-state index contributed by atoms with van der Waals surface area (Å²) in [7, 11) is 1.37. The van der Waals surface area contributed by atoms with E-state index in [9.17, 15) is 9.59 Å². The standard InChI is InChI=1S/C20H26ClN5O3S/c1-3-6-16-22-23-20(30)26(16)13-17(27)24-9-11-25(12-10-24)18(19(28)29-2)14-7-4-5-8-15(14)21/h4-5,7-8,18H,3,6,9-13H2,1-2H3,(H,23,30). The number of nitrogens with one attached hydrogen (secondary N) is 1. The third-order valence-electron chi connectivity index (χ3n) is 5.26. The van der Waals surface area contributed by atoms with Crippen molar-refractivity contribution in [2.75, 3.05) is 33.3 Å². The summed E-state index contributed by atoms with van der Waals surface area (Å²) in [6.45, 7) is 4.30. The molecule has 10 heteroatoms. The number of halogens is 1. The fourth-order valence-corrected chi connectivity index (χ4v) is 4.13. The van der Waals surface area contributed by atoms with Crippen LogP contribution < -0.4 is 0 Å². The van der Waals surface area contributed by atoms with Gasteiger partial charge in [0.1, 0.15) is 18.4 Å². The number of nitrogens with zero attached hydrogens (tertiary/aromatic N) is 4. The summed E-state index contributed by atoms with van der Waals surface area (Å²) >= 11 is 11.6. The van der Waals surface area contributed by atoms with Crippen molar-refractivity contribution in [2.45, 2.75) is 32.4 Å². The molecule has 0 saturated carbocycles. The number of methoxy groups -OCH3 is 1. The molecule has 0 radical (unpaired) electrons. The number of carbonyl (C=O) groups excluding carboxylic acids is 2. The van der Waals surface area contributed by atoms with Gasteiger partial charge in [-0.1, -0.05) is 36.7 Å². The maximum absolute atomic E-state index is 12.9. The second kappa shape index (κ2) is 10.2. The molecule has 0 aliphatic carbocycles. The molecular formula is C20H26ClN5O3S. The first-order chi connectivity index (χ1) is 14.5. The molecule has 3 rings (SSSR count). The topological polar surface area (TPSA) is 83.5 Å². The lowest BCUT2D eigenvalue weighted by molar-refractivity contribution is -0.148. The van der Waals surface area contributed by atoms with Crippen molar-refractivity contribution in [3.8, 4) is 0 Å². The number of amides is 1. The van der Waals surface area contributed by atoms with Gasteiger partial charge in [-0.2, -0.15) is 5.10 Å². The first-order valence-electron chi connectivity index (χ1n) is 9.94. The number of piperazine rings is 1. The minimum atomic E-state index is -0.598. The molecule has 162 valence electrons. The largest absolute Gasteiger partial charge is 0.468 e. The van der Waals surface area contributed by atoms with E-state index in [0.29, 0.717) is 41.5 Å². The van der Waals surface area contributed by atoms with Crippen LogP contribution in [0.15, 0.2) is 24.3 Å². The second-order valence-corrected chi connectivity index (χ2v) is 7.94. The number of aryl methyl sites for hydroxylation is 1. The van der Waals surface area contributed by atoms with E-state index in [4.69, 9.17) is 28.6 Å². The summed E-state index contributed by atoms with van der Waals surface area (Å²) in [6, 6.07) is 6.66. The van der Waals surface area contributed by atoms with Crippen molar-refractivity contribution >= 4 is 35.7 Å². The minimum absolute atomic E-state index is 0.0168. The van der Waals surface area contributed by atoms with Gasteiger partial charge in [-0.3, -0.25) is 19.4 Å². The van der Waals surface area contributed by atoms with Crippen LogP contribution in [0.4, 0.5) is 0 Å². The number of H-pyrrole nitrogens is 1. The molecule has 30 heavy (non-hydrogen) atoms. The monoisotopic (exact) mass is 451 g/mol. The summed E-state index contributed by atoms with van der Waals surface area (Å²) in [5, 5.41) is 7.50. The number of aromatic amines is 1. The minimum Gasteiger partial charge on any atom is -0.468 e. The highest BCUT2D eigenvalue weighted by Gasteiger charge is 2.33. The number of hydrogen-bond donors (Lipinski definition) is 1. The number of esters is 1. The van der Waals surface area contributed by atoms with Gasteiger partial charge in [0.05, 0.1) is 7.11 Å². The van der Waals surface area contributed by atoms with Crippen molar-refractivity contribution in [2.24, 2.45) is 0 Å². The van der Waals surface area contributed by atoms with E-state index >= 15 is 0 Å². The van der Waals surface area contributed by atoms with Gasteiger partial charge in [-0.25, -0.2) is 4.79 Å². The van der Waals surface area contributed by atoms with Crippen LogP contribution in [0.25, 0.3) is 0 Å². The molecular weight excluding hydrogens is 426 g/mol. The predicted octanol–water partition coefficient (Wildman–Crippen LogP) is 2.61. The number of benzene rings is 1. The predicted molar refractivity (Wildman–Crippen MR) is 116 cm³/mol. The van der Waals surface area contributed by atoms with E-state index in [1.54, 1.807) is 15.5 Å². The number of carbonyl (C=O) groups is 2. The molecule has 0 spiro atoms. The summed E-state index contributed by atoms with van der Waals surface area (Å²) in [6.07, 6.45) is 1.68. The first-order valence-corrected chi connectivity index (χ1v) is 10.7. The fraction of sp³-hybridized carbons (Fsp3) is 0.500. The van der Waals surface area contributed by atoms with Gasteiger partial charge >= 0.3 is 5.97 Å². The highest BCUT2D eigenvalue weighted by Crippen LogP contribution is 2.29. The van der Waals surface area contributed by atoms with Crippen LogP contribution in [-0.4, -0.2) is 69.7 Å². The average molecular weight is 452 g/mol. The van der Waals surface area contributed by atoms with Gasteiger partial charge in [0.2, 0.25) is 5.91 Å². The Morgan fingerprint density at radius 1 is 1.27 bits per heavy atom. The van der Waals surface area contributed by atoms with E-state index in [-0.39, 0.29) is 18.4 Å². The molecule has 2 aromatic rings. The molecule has 1 atom stereocenters. The van der Waals surface area contributed by atoms with Crippen LogP contribution in [-0.2, 0) is 27.3 Å². The second-order valence-electron chi connectivity index (χ2n) is 7.15. The van der Waals surface area contributed by atoms with Crippen LogP contribution in [0.1, 0.15) is 30.8 Å². The van der Waals surface area contributed by atoms with Crippen LogP contribution >= 0.6 is 23.8 Å². The van der Waals surface area contributed by atoms with E-state index < -0.39 is 6.04 Å². The van der Waals surface area contributed by atoms with Crippen LogP contribution in [0.2, 0.25) is 5.02 Å². The first kappa shape index (κ1) is 22.5. The summed E-state index contributed by atoms with van der Waals surface area (Å²) in [5.74, 6) is 0.410. The molecule has 1 aromatic carbocycles. The van der Waals surface area contributed by atoms with Gasteiger partial charge in [0.15, 0.2) is 4.77 Å². The summed E-state index contributed by atoms with van der Waals surface area (Å²) in [5.41, 5.74) is 0.708. The number of aromatic nitrogens is 3. The van der Waals surface area contributed by atoms with Gasteiger partial charge in [-0.05, 0) is 30.3 Å². The molecule has 1 aliphatic rings. The number of hydrogen-bond acceptors (Lipinski definition) is 6. The summed E-state index contributed by atoms with van der Waals surface area (Å²) < 4.78 is 7.24. The van der Waals surface area contributed by atoms with Crippen LogP contribution in [0.3, 0.4) is 0 Å². The van der Waals surface area contributed by atoms with Gasteiger partial charge in [0, 0.05) is 37.6 Å². The third kappa shape index (κ3) is 4.91. The molecule has 1 saturated heterocycles. The van der Waals surface area contributed by atoms with Crippen molar-refractivity contribution < 1.29 is 14.3 Å². The Morgan fingerprint density at radius 3 is 2.60 bits per heavy atom. The van der Waals surface area contributed by atoms with E-state index in [1.807, 2.05) is 23.1 Å². The third-order valence-corrected chi connectivity index (χ3v) is 5.92. The van der Waals surface area contributed by atoms with Crippen LogP contribution in [0, 0.1) is 4.77 Å². The van der Waals surface area contributed by atoms with Gasteiger partial charge in [-0.15, -0.1) is 0 Å². The Balaban J connectivity index is 1.68. The number of ether oxygens (including phenoxy) is 1. The van der Waals surface area contributed by atoms with Crippen molar-refractivity contribution in [1.82, 2.24) is 24.6 Å². The number of rotatable bonds is 7. The molecule has 0 bridgehead atoms. The maximum Gasteiger partial charge on any atom is 0.327 e. The molecule has 2 heterocycles. The average Bonchev–Trinajstić information content (AvgIpc) is 3.09. The Bertz CT molecular complexity index is 952. The Morgan fingerprint density at radius 2 is 1.97 bits per heavy atom. The maximum atomic E-state index is 12.9. The van der Waals surface area contributed by atoms with Gasteiger partial charge < -0.3 is 9.64 Å². The highest BCUT2D eigenvalue weighted by atomic mass is 35.5. The zero-order valence-electron chi connectivity index (χ0n) is 17.1. The van der Waals surface area contributed by atoms with Crippen molar-refractivity contribution in [1.29, 1.82) is 0 Å². The Hall–Kier alpha value is -2.23. The van der Waals surface area contributed by atoms with Gasteiger partial charge in [0.25, 0.3) is 0 Å².